The summed E-state index contributed by atoms with van der Waals surface area (Å²) < 4.78 is 13.0. The van der Waals surface area contributed by atoms with Crippen LogP contribution in [0.5, 0.6) is 0 Å². The summed E-state index contributed by atoms with van der Waals surface area (Å²) in [4.78, 5) is 32.3. The zero-order valence-corrected chi connectivity index (χ0v) is 11.5. The summed E-state index contributed by atoms with van der Waals surface area (Å²) in [5.41, 5.74) is 0.0948. The Balaban J connectivity index is 1.97. The molecule has 0 unspecified atom stereocenters. The van der Waals surface area contributed by atoms with Crippen molar-refractivity contribution in [3.8, 4) is 0 Å². The van der Waals surface area contributed by atoms with Gasteiger partial charge in [0.25, 0.3) is 5.91 Å². The summed E-state index contributed by atoms with van der Waals surface area (Å²) in [7, 11) is 3.38. The van der Waals surface area contributed by atoms with Gasteiger partial charge >= 0.3 is 6.03 Å². The number of carbonyl (C=O) groups excluding carboxylic acids is 2. The van der Waals surface area contributed by atoms with Crippen LogP contribution >= 0.6 is 0 Å². The monoisotopic (exact) mass is 280 g/mol. The molecule has 2 heterocycles. The fraction of sp³-hybridized carbons (Fsp3) is 0.462. The molecule has 20 heavy (non-hydrogen) atoms. The molecule has 0 saturated carbocycles. The molecule has 0 radical (unpaired) electrons. The first-order valence-corrected chi connectivity index (χ1v) is 6.37. The van der Waals surface area contributed by atoms with Crippen LogP contribution in [0.4, 0.5) is 9.18 Å². The molecule has 0 N–H and O–H groups in total. The topological polar surface area (TPSA) is 56.8 Å². The predicted molar refractivity (Wildman–Crippen MR) is 70.8 cm³/mol. The van der Waals surface area contributed by atoms with E-state index in [4.69, 9.17) is 0 Å². The summed E-state index contributed by atoms with van der Waals surface area (Å²) in [6.45, 7) is 1.79. The summed E-state index contributed by atoms with van der Waals surface area (Å²) in [6.07, 6.45) is 0. The number of halogens is 1. The lowest BCUT2D eigenvalue weighted by molar-refractivity contribution is 0.0643. The number of urea groups is 1. The lowest BCUT2D eigenvalue weighted by Crippen LogP contribution is -2.53. The Hall–Kier alpha value is -2.18. The number of aromatic nitrogens is 1. The molecule has 0 atom stereocenters. The van der Waals surface area contributed by atoms with Crippen molar-refractivity contribution in [1.82, 2.24) is 19.7 Å². The normalized spacial score (nSPS) is 15.2. The van der Waals surface area contributed by atoms with Crippen LogP contribution in [-0.4, -0.2) is 71.9 Å². The number of rotatable bonds is 1. The van der Waals surface area contributed by atoms with Crippen molar-refractivity contribution in [3.63, 3.8) is 0 Å². The highest BCUT2D eigenvalue weighted by Crippen LogP contribution is 2.09. The Kier molecular flexibility index (Phi) is 4.16. The molecule has 1 aliphatic rings. The van der Waals surface area contributed by atoms with E-state index < -0.39 is 5.95 Å². The van der Waals surface area contributed by atoms with Gasteiger partial charge in [0.05, 0.1) is 0 Å². The highest BCUT2D eigenvalue weighted by atomic mass is 19.1. The van der Waals surface area contributed by atoms with E-state index in [-0.39, 0.29) is 17.6 Å². The molecule has 1 aliphatic heterocycles. The summed E-state index contributed by atoms with van der Waals surface area (Å²) in [6, 6.07) is 4.08. The molecule has 6 nitrogen and oxygen atoms in total. The lowest BCUT2D eigenvalue weighted by Gasteiger charge is -2.35. The van der Waals surface area contributed by atoms with Gasteiger partial charge in [-0.25, -0.2) is 9.78 Å². The van der Waals surface area contributed by atoms with Gasteiger partial charge in [0.15, 0.2) is 0 Å². The van der Waals surface area contributed by atoms with E-state index in [0.717, 1.165) is 0 Å². The Labute approximate surface area is 116 Å². The molecule has 1 aromatic rings. The van der Waals surface area contributed by atoms with E-state index in [1.807, 2.05) is 0 Å². The quantitative estimate of drug-likeness (QED) is 0.710. The van der Waals surface area contributed by atoms with E-state index in [1.165, 1.54) is 23.1 Å². The van der Waals surface area contributed by atoms with Crippen molar-refractivity contribution in [2.75, 3.05) is 40.3 Å². The van der Waals surface area contributed by atoms with Crippen LogP contribution in [-0.2, 0) is 0 Å². The first-order valence-electron chi connectivity index (χ1n) is 6.37. The molecule has 1 fully saturated rings. The highest BCUT2D eigenvalue weighted by molar-refractivity contribution is 5.92. The van der Waals surface area contributed by atoms with Crippen LogP contribution in [0.15, 0.2) is 18.2 Å². The number of hydrogen-bond donors (Lipinski definition) is 0. The fourth-order valence-corrected chi connectivity index (χ4v) is 2.07. The third-order valence-electron chi connectivity index (χ3n) is 3.15. The van der Waals surface area contributed by atoms with Gasteiger partial charge in [0.1, 0.15) is 5.69 Å². The number of hydrogen-bond acceptors (Lipinski definition) is 3. The van der Waals surface area contributed by atoms with Gasteiger partial charge in [0, 0.05) is 40.3 Å². The number of nitrogens with zero attached hydrogens (tertiary/aromatic N) is 4. The first-order chi connectivity index (χ1) is 9.49. The third kappa shape index (κ3) is 3.04. The number of piperazine rings is 1. The van der Waals surface area contributed by atoms with Gasteiger partial charge < -0.3 is 14.7 Å². The van der Waals surface area contributed by atoms with Crippen molar-refractivity contribution in [2.45, 2.75) is 0 Å². The highest BCUT2D eigenvalue weighted by Gasteiger charge is 2.26. The van der Waals surface area contributed by atoms with Crippen LogP contribution in [0, 0.1) is 5.95 Å². The summed E-state index contributed by atoms with van der Waals surface area (Å²) in [5, 5.41) is 0. The Morgan fingerprint density at radius 2 is 1.75 bits per heavy atom. The molecule has 0 spiro atoms. The van der Waals surface area contributed by atoms with Crippen LogP contribution in [0.2, 0.25) is 0 Å². The third-order valence-corrected chi connectivity index (χ3v) is 3.15. The molecule has 1 saturated heterocycles. The maximum atomic E-state index is 13.0. The zero-order valence-electron chi connectivity index (χ0n) is 11.5. The van der Waals surface area contributed by atoms with E-state index in [9.17, 15) is 14.0 Å². The molecule has 2 rings (SSSR count). The second kappa shape index (κ2) is 5.85. The average Bonchev–Trinajstić information content (AvgIpc) is 2.46. The largest absolute Gasteiger partial charge is 0.334 e. The Bertz CT molecular complexity index is 513. The van der Waals surface area contributed by atoms with Gasteiger partial charge in [-0.1, -0.05) is 6.07 Å². The van der Waals surface area contributed by atoms with Crippen LogP contribution < -0.4 is 0 Å². The maximum absolute atomic E-state index is 13.0. The van der Waals surface area contributed by atoms with Crippen molar-refractivity contribution in [3.05, 3.63) is 29.8 Å². The molecule has 3 amide bonds. The molecule has 0 bridgehead atoms. The second-order valence-corrected chi connectivity index (χ2v) is 4.80. The molecule has 7 heteroatoms. The molecule has 1 aromatic heterocycles. The maximum Gasteiger partial charge on any atom is 0.319 e. The minimum Gasteiger partial charge on any atom is -0.334 e. The number of amides is 3. The van der Waals surface area contributed by atoms with Crippen LogP contribution in [0.1, 0.15) is 10.5 Å². The van der Waals surface area contributed by atoms with E-state index in [1.54, 1.807) is 23.9 Å². The molecular formula is C13H17FN4O2. The smallest absolute Gasteiger partial charge is 0.319 e. The second-order valence-electron chi connectivity index (χ2n) is 4.80. The standard InChI is InChI=1S/C13H17FN4O2/c1-16(2)13(20)18-8-6-17(7-9-18)12(19)10-4-3-5-11(14)15-10/h3-5H,6-9H2,1-2H3. The van der Waals surface area contributed by atoms with Gasteiger partial charge in [-0.15, -0.1) is 0 Å². The van der Waals surface area contributed by atoms with Crippen molar-refractivity contribution in [1.29, 1.82) is 0 Å². The number of pyridine rings is 1. The number of carbonyl (C=O) groups is 2. The first kappa shape index (κ1) is 14.2. The average molecular weight is 280 g/mol. The van der Waals surface area contributed by atoms with Crippen LogP contribution in [0.25, 0.3) is 0 Å². The van der Waals surface area contributed by atoms with Gasteiger partial charge in [-0.3, -0.25) is 4.79 Å². The van der Waals surface area contributed by atoms with E-state index >= 15 is 0 Å². The zero-order chi connectivity index (χ0) is 14.7. The fourth-order valence-electron chi connectivity index (χ4n) is 2.07. The van der Waals surface area contributed by atoms with Crippen LogP contribution in [0.3, 0.4) is 0 Å². The molecular weight excluding hydrogens is 263 g/mol. The SMILES string of the molecule is CN(C)C(=O)N1CCN(C(=O)c2cccc(F)n2)CC1. The summed E-state index contributed by atoms with van der Waals surface area (Å²) >= 11 is 0. The predicted octanol–water partition coefficient (Wildman–Crippen LogP) is 0.660. The molecule has 0 aliphatic carbocycles. The van der Waals surface area contributed by atoms with E-state index in [0.29, 0.717) is 26.2 Å². The molecule has 0 aromatic carbocycles. The summed E-state index contributed by atoms with van der Waals surface area (Å²) in [5.74, 6) is -0.973. The van der Waals surface area contributed by atoms with Crippen molar-refractivity contribution >= 4 is 11.9 Å². The van der Waals surface area contributed by atoms with Crippen molar-refractivity contribution in [2.24, 2.45) is 0 Å². The van der Waals surface area contributed by atoms with Gasteiger partial charge in [-0.05, 0) is 12.1 Å². The minimum atomic E-state index is -0.669. The Morgan fingerprint density at radius 1 is 1.15 bits per heavy atom. The minimum absolute atomic E-state index is 0.0685. The van der Waals surface area contributed by atoms with Crippen molar-refractivity contribution < 1.29 is 14.0 Å². The van der Waals surface area contributed by atoms with Gasteiger partial charge in [0.2, 0.25) is 5.95 Å². The van der Waals surface area contributed by atoms with Gasteiger partial charge in [-0.2, -0.15) is 4.39 Å². The Morgan fingerprint density at radius 3 is 2.30 bits per heavy atom. The lowest BCUT2D eigenvalue weighted by atomic mass is 10.2. The van der Waals surface area contributed by atoms with E-state index in [2.05, 4.69) is 4.98 Å². The molecule has 108 valence electrons.